The molecule has 1 aromatic heterocycles. The molecule has 1 N–H and O–H groups in total. The zero-order valence-corrected chi connectivity index (χ0v) is 11.1. The minimum atomic E-state index is -0.383. The molecule has 2 rings (SSSR count). The normalized spacial score (nSPS) is 10.4. The van der Waals surface area contributed by atoms with E-state index in [0.29, 0.717) is 22.4 Å². The first-order valence-corrected chi connectivity index (χ1v) is 5.99. The molecule has 0 spiro atoms. The second-order valence-corrected chi connectivity index (χ2v) is 4.79. The zero-order chi connectivity index (χ0) is 13.3. The topological polar surface area (TPSA) is 49.9 Å². The van der Waals surface area contributed by atoms with E-state index in [4.69, 9.17) is 34.8 Å². The lowest BCUT2D eigenvalue weighted by atomic mass is 10.1. The summed E-state index contributed by atoms with van der Waals surface area (Å²) < 4.78 is 0. The smallest absolute Gasteiger partial charge is 0.255 e. The molecule has 3 nitrogen and oxygen atoms in total. The van der Waals surface area contributed by atoms with Crippen molar-refractivity contribution < 1.29 is 4.79 Å². The van der Waals surface area contributed by atoms with Crippen molar-refractivity contribution in [3.8, 4) is 11.1 Å². The third kappa shape index (κ3) is 2.43. The molecule has 0 saturated heterocycles. The molecule has 0 saturated carbocycles. The van der Waals surface area contributed by atoms with Gasteiger partial charge < -0.3 is 4.98 Å². The van der Waals surface area contributed by atoms with Gasteiger partial charge in [0.25, 0.3) is 5.56 Å². The van der Waals surface area contributed by atoms with E-state index in [9.17, 15) is 9.59 Å². The molecule has 0 fully saturated rings. The van der Waals surface area contributed by atoms with E-state index in [2.05, 4.69) is 4.98 Å². The van der Waals surface area contributed by atoms with Crippen molar-refractivity contribution in [1.82, 2.24) is 4.98 Å². The molecule has 0 radical (unpaired) electrons. The molecule has 0 unspecified atom stereocenters. The molecule has 2 aromatic rings. The van der Waals surface area contributed by atoms with E-state index in [0.717, 1.165) is 0 Å². The number of benzene rings is 1. The summed E-state index contributed by atoms with van der Waals surface area (Å²) in [7, 11) is 0. The Morgan fingerprint density at radius 2 is 1.67 bits per heavy atom. The Morgan fingerprint density at radius 1 is 1.06 bits per heavy atom. The number of carbonyl (C=O) groups is 1. The fourth-order valence-corrected chi connectivity index (χ4v) is 2.57. The molecular weight excluding hydrogens is 296 g/mol. The van der Waals surface area contributed by atoms with Crippen LogP contribution in [0.5, 0.6) is 0 Å². The van der Waals surface area contributed by atoms with Gasteiger partial charge in [0.1, 0.15) is 0 Å². The first-order valence-electron chi connectivity index (χ1n) is 4.85. The van der Waals surface area contributed by atoms with Crippen LogP contribution in [0.25, 0.3) is 11.1 Å². The summed E-state index contributed by atoms with van der Waals surface area (Å²) in [6.45, 7) is 0. The Morgan fingerprint density at radius 3 is 2.22 bits per heavy atom. The second kappa shape index (κ2) is 5.14. The van der Waals surface area contributed by atoms with Crippen LogP contribution in [0.15, 0.2) is 29.2 Å². The lowest BCUT2D eigenvalue weighted by molar-refractivity contribution is 0.112. The number of aldehydes is 1. The Bertz CT molecular complexity index is 656. The predicted octanol–water partition coefficient (Wildman–Crippen LogP) is 3.81. The lowest BCUT2D eigenvalue weighted by Gasteiger charge is -2.07. The van der Waals surface area contributed by atoms with Crippen LogP contribution in [-0.4, -0.2) is 11.3 Å². The summed E-state index contributed by atoms with van der Waals surface area (Å²) in [5.41, 5.74) is 0.525. The van der Waals surface area contributed by atoms with E-state index in [1.807, 2.05) is 0 Å². The SMILES string of the molecule is O=Cc1c[nH]c(=O)c(-c2c(Cl)cc(Cl)cc2Cl)c1. The van der Waals surface area contributed by atoms with Crippen molar-refractivity contribution in [3.63, 3.8) is 0 Å². The van der Waals surface area contributed by atoms with Crippen LogP contribution < -0.4 is 5.56 Å². The van der Waals surface area contributed by atoms with Gasteiger partial charge in [0.15, 0.2) is 6.29 Å². The average Bonchev–Trinajstić information content (AvgIpc) is 2.30. The first kappa shape index (κ1) is 13.1. The molecule has 0 aliphatic carbocycles. The molecule has 0 aliphatic rings. The molecular formula is C12H6Cl3NO2. The maximum atomic E-state index is 11.8. The molecule has 1 aromatic carbocycles. The van der Waals surface area contributed by atoms with Crippen LogP contribution in [-0.2, 0) is 0 Å². The van der Waals surface area contributed by atoms with E-state index in [-0.39, 0.29) is 21.2 Å². The van der Waals surface area contributed by atoms with Gasteiger partial charge >= 0.3 is 0 Å². The van der Waals surface area contributed by atoms with Crippen LogP contribution in [0.3, 0.4) is 0 Å². The van der Waals surface area contributed by atoms with Gasteiger partial charge in [-0.3, -0.25) is 9.59 Å². The van der Waals surface area contributed by atoms with Crippen LogP contribution >= 0.6 is 34.8 Å². The molecule has 0 amide bonds. The van der Waals surface area contributed by atoms with Crippen molar-refractivity contribution in [1.29, 1.82) is 0 Å². The fourth-order valence-electron chi connectivity index (χ4n) is 1.55. The van der Waals surface area contributed by atoms with Crippen molar-refractivity contribution >= 4 is 41.1 Å². The number of aromatic amines is 1. The minimum Gasteiger partial charge on any atom is -0.328 e. The third-order valence-electron chi connectivity index (χ3n) is 2.34. The summed E-state index contributed by atoms with van der Waals surface area (Å²) in [6.07, 6.45) is 1.94. The van der Waals surface area contributed by atoms with Gasteiger partial charge in [-0.1, -0.05) is 34.8 Å². The van der Waals surface area contributed by atoms with E-state index in [1.165, 1.54) is 24.4 Å². The van der Waals surface area contributed by atoms with E-state index in [1.54, 1.807) is 0 Å². The van der Waals surface area contributed by atoms with E-state index < -0.39 is 0 Å². The summed E-state index contributed by atoms with van der Waals surface area (Å²) in [4.78, 5) is 24.9. The number of H-pyrrole nitrogens is 1. The third-order valence-corrected chi connectivity index (χ3v) is 3.15. The summed E-state index contributed by atoms with van der Waals surface area (Å²) in [5, 5.41) is 0.874. The largest absolute Gasteiger partial charge is 0.328 e. The van der Waals surface area contributed by atoms with Gasteiger partial charge in [0.05, 0.1) is 15.6 Å². The standard InChI is InChI=1S/C12H6Cl3NO2/c13-7-2-9(14)11(10(15)3-7)8-1-6(5-17)4-16-12(8)18/h1-5H,(H,16,18). The Balaban J connectivity index is 2.76. The zero-order valence-electron chi connectivity index (χ0n) is 8.84. The van der Waals surface area contributed by atoms with Crippen molar-refractivity contribution in [2.24, 2.45) is 0 Å². The van der Waals surface area contributed by atoms with Gasteiger partial charge in [0, 0.05) is 22.3 Å². The fraction of sp³-hybridized carbons (Fsp3) is 0. The highest BCUT2D eigenvalue weighted by Gasteiger charge is 2.14. The van der Waals surface area contributed by atoms with Gasteiger partial charge in [-0.2, -0.15) is 0 Å². The van der Waals surface area contributed by atoms with Crippen LogP contribution in [0.4, 0.5) is 0 Å². The predicted molar refractivity (Wildman–Crippen MR) is 72.9 cm³/mol. The summed E-state index contributed by atoms with van der Waals surface area (Å²) in [5.74, 6) is 0. The Labute approximate surface area is 117 Å². The summed E-state index contributed by atoms with van der Waals surface area (Å²) >= 11 is 17.9. The maximum absolute atomic E-state index is 11.8. The molecule has 1 heterocycles. The van der Waals surface area contributed by atoms with Crippen molar-refractivity contribution in [2.75, 3.05) is 0 Å². The monoisotopic (exact) mass is 301 g/mol. The number of nitrogens with one attached hydrogen (secondary N) is 1. The quantitative estimate of drug-likeness (QED) is 0.857. The highest BCUT2D eigenvalue weighted by atomic mass is 35.5. The number of hydrogen-bond donors (Lipinski definition) is 1. The number of pyridine rings is 1. The van der Waals surface area contributed by atoms with Crippen LogP contribution in [0.2, 0.25) is 15.1 Å². The first-order chi connectivity index (χ1) is 8.52. The van der Waals surface area contributed by atoms with Gasteiger partial charge in [-0.25, -0.2) is 0 Å². The molecule has 92 valence electrons. The summed E-state index contributed by atoms with van der Waals surface area (Å²) in [6, 6.07) is 4.39. The minimum absolute atomic E-state index is 0.228. The molecule has 0 atom stereocenters. The van der Waals surface area contributed by atoms with Gasteiger partial charge in [-0.15, -0.1) is 0 Å². The van der Waals surface area contributed by atoms with Gasteiger partial charge in [0.2, 0.25) is 0 Å². The number of carbonyl (C=O) groups excluding carboxylic acids is 1. The molecule has 0 aliphatic heterocycles. The Kier molecular flexibility index (Phi) is 3.76. The van der Waals surface area contributed by atoms with E-state index >= 15 is 0 Å². The number of aromatic nitrogens is 1. The molecule has 6 heteroatoms. The van der Waals surface area contributed by atoms with Gasteiger partial charge in [-0.05, 0) is 18.2 Å². The van der Waals surface area contributed by atoms with Crippen molar-refractivity contribution in [2.45, 2.75) is 0 Å². The molecule has 0 bridgehead atoms. The molecule has 18 heavy (non-hydrogen) atoms. The average molecular weight is 303 g/mol. The lowest BCUT2D eigenvalue weighted by Crippen LogP contribution is -2.09. The number of rotatable bonds is 2. The number of halogens is 3. The second-order valence-electron chi connectivity index (χ2n) is 3.54. The highest BCUT2D eigenvalue weighted by molar-refractivity contribution is 6.41. The number of hydrogen-bond acceptors (Lipinski definition) is 2. The van der Waals surface area contributed by atoms with Crippen molar-refractivity contribution in [3.05, 3.63) is 55.4 Å². The van der Waals surface area contributed by atoms with Crippen LogP contribution in [0, 0.1) is 0 Å². The maximum Gasteiger partial charge on any atom is 0.255 e. The van der Waals surface area contributed by atoms with Crippen LogP contribution in [0.1, 0.15) is 10.4 Å². The Hall–Kier alpha value is -1.29. The highest BCUT2D eigenvalue weighted by Crippen LogP contribution is 2.35.